The van der Waals surface area contributed by atoms with Gasteiger partial charge in [-0.25, -0.2) is 8.42 Å². The van der Waals surface area contributed by atoms with E-state index in [-0.39, 0.29) is 5.25 Å². The molecule has 3 nitrogen and oxygen atoms in total. The van der Waals surface area contributed by atoms with Crippen molar-refractivity contribution in [2.24, 2.45) is 0 Å². The van der Waals surface area contributed by atoms with Crippen LogP contribution in [0.25, 0.3) is 6.08 Å². The molecule has 1 saturated heterocycles. The lowest BCUT2D eigenvalue weighted by Gasteiger charge is -2.18. The standard InChI is InChI=1S/C19H20ClNO2S2/c20-18-9-5-4-8-17(18)19-10-12-21(13-14-24-19)25(22,23)15-11-16-6-2-1-3-7-16/h1-9,11,15,19H,10,12-14H2/b15-11+/t19-/m1/s1. The lowest BCUT2D eigenvalue weighted by atomic mass is 10.1. The van der Waals surface area contributed by atoms with Gasteiger partial charge in [0.1, 0.15) is 0 Å². The fourth-order valence-corrected chi connectivity index (χ4v) is 5.73. The SMILES string of the molecule is O=S(=O)(/C=C/c1ccccc1)N1CCS[C@@H](c2ccccc2Cl)CC1. The average Bonchev–Trinajstić information content (AvgIpc) is 2.88. The van der Waals surface area contributed by atoms with E-state index in [1.54, 1.807) is 22.1 Å². The number of thioether (sulfide) groups is 1. The van der Waals surface area contributed by atoms with Crippen molar-refractivity contribution < 1.29 is 8.42 Å². The number of sulfonamides is 1. The van der Waals surface area contributed by atoms with Crippen LogP contribution in [0.4, 0.5) is 0 Å². The zero-order chi connectivity index (χ0) is 17.7. The van der Waals surface area contributed by atoms with Gasteiger partial charge in [0.25, 0.3) is 0 Å². The molecule has 2 aromatic carbocycles. The molecular weight excluding hydrogens is 374 g/mol. The van der Waals surface area contributed by atoms with Gasteiger partial charge in [-0.2, -0.15) is 16.1 Å². The maximum Gasteiger partial charge on any atom is 0.236 e. The van der Waals surface area contributed by atoms with Gasteiger partial charge < -0.3 is 0 Å². The van der Waals surface area contributed by atoms with Crippen molar-refractivity contribution in [1.82, 2.24) is 4.31 Å². The molecule has 1 heterocycles. The Bertz CT molecular complexity index is 838. The average molecular weight is 394 g/mol. The molecule has 0 unspecified atom stereocenters. The largest absolute Gasteiger partial charge is 0.236 e. The summed E-state index contributed by atoms with van der Waals surface area (Å²) in [5.41, 5.74) is 1.97. The summed E-state index contributed by atoms with van der Waals surface area (Å²) in [6, 6.07) is 17.3. The molecule has 1 aliphatic rings. The van der Waals surface area contributed by atoms with Crippen LogP contribution in [-0.4, -0.2) is 31.6 Å². The van der Waals surface area contributed by atoms with Crippen LogP contribution >= 0.6 is 23.4 Å². The van der Waals surface area contributed by atoms with Gasteiger partial charge in [0.05, 0.1) is 0 Å². The van der Waals surface area contributed by atoms with Crippen LogP contribution in [-0.2, 0) is 10.0 Å². The third-order valence-corrected chi connectivity index (χ3v) is 7.36. The van der Waals surface area contributed by atoms with Crippen LogP contribution in [0.3, 0.4) is 0 Å². The molecule has 1 fully saturated rings. The first-order valence-corrected chi connectivity index (χ1v) is 11.1. The minimum atomic E-state index is -3.41. The van der Waals surface area contributed by atoms with E-state index in [2.05, 4.69) is 0 Å². The molecule has 1 aliphatic heterocycles. The van der Waals surface area contributed by atoms with Crippen molar-refractivity contribution in [3.63, 3.8) is 0 Å². The van der Waals surface area contributed by atoms with Crippen LogP contribution < -0.4 is 0 Å². The molecule has 0 spiro atoms. The van der Waals surface area contributed by atoms with Crippen molar-refractivity contribution >= 4 is 39.5 Å². The highest BCUT2D eigenvalue weighted by molar-refractivity contribution is 7.99. The minimum Gasteiger partial charge on any atom is -0.208 e. The molecule has 132 valence electrons. The normalized spacial score (nSPS) is 19.8. The molecule has 0 aliphatic carbocycles. The highest BCUT2D eigenvalue weighted by Gasteiger charge is 2.26. The molecular formula is C19H20ClNO2S2. The Balaban J connectivity index is 1.70. The van der Waals surface area contributed by atoms with Crippen LogP contribution in [0.15, 0.2) is 60.0 Å². The van der Waals surface area contributed by atoms with Crippen LogP contribution in [0.1, 0.15) is 22.8 Å². The summed E-state index contributed by atoms with van der Waals surface area (Å²) in [6.45, 7) is 1.03. The van der Waals surface area contributed by atoms with Gasteiger partial charge in [-0.15, -0.1) is 0 Å². The first-order chi connectivity index (χ1) is 12.1. The van der Waals surface area contributed by atoms with Crippen LogP contribution in [0.2, 0.25) is 5.02 Å². The lowest BCUT2D eigenvalue weighted by Crippen LogP contribution is -2.31. The molecule has 6 heteroatoms. The van der Waals surface area contributed by atoms with Crippen molar-refractivity contribution in [3.8, 4) is 0 Å². The minimum absolute atomic E-state index is 0.229. The summed E-state index contributed by atoms with van der Waals surface area (Å²) in [4.78, 5) is 0. The number of rotatable bonds is 4. The van der Waals surface area contributed by atoms with E-state index in [9.17, 15) is 8.42 Å². The number of nitrogens with zero attached hydrogens (tertiary/aromatic N) is 1. The van der Waals surface area contributed by atoms with E-state index in [0.717, 1.165) is 28.3 Å². The van der Waals surface area contributed by atoms with Gasteiger partial charge in [0, 0.05) is 34.5 Å². The zero-order valence-corrected chi connectivity index (χ0v) is 16.1. The summed E-state index contributed by atoms with van der Waals surface area (Å²) in [7, 11) is -3.41. The summed E-state index contributed by atoms with van der Waals surface area (Å²) in [5.74, 6) is 0.758. The Kier molecular flexibility index (Phi) is 6.23. The molecule has 0 aromatic heterocycles. The van der Waals surface area contributed by atoms with Gasteiger partial charge in [0.2, 0.25) is 10.0 Å². The Labute approximate surface area is 158 Å². The number of halogens is 1. The Hall–Kier alpha value is -1.27. The highest BCUT2D eigenvalue weighted by atomic mass is 35.5. The second kappa shape index (κ2) is 8.41. The van der Waals surface area contributed by atoms with E-state index >= 15 is 0 Å². The second-order valence-corrected chi connectivity index (χ2v) is 9.36. The summed E-state index contributed by atoms with van der Waals surface area (Å²) in [6.07, 6.45) is 2.41. The molecule has 0 amide bonds. The third-order valence-electron chi connectivity index (χ3n) is 4.14. The van der Waals surface area contributed by atoms with Crippen molar-refractivity contribution in [2.45, 2.75) is 11.7 Å². The third kappa shape index (κ3) is 4.88. The molecule has 25 heavy (non-hydrogen) atoms. The first kappa shape index (κ1) is 18.5. The summed E-state index contributed by atoms with van der Waals surface area (Å²) < 4.78 is 26.8. The Morgan fingerprint density at radius 3 is 2.52 bits per heavy atom. The van der Waals surface area contributed by atoms with E-state index in [4.69, 9.17) is 11.6 Å². The fourth-order valence-electron chi connectivity index (χ4n) is 2.80. The molecule has 2 aromatic rings. The molecule has 3 rings (SSSR count). The monoisotopic (exact) mass is 393 g/mol. The summed E-state index contributed by atoms with van der Waals surface area (Å²) >= 11 is 8.07. The number of hydrogen-bond acceptors (Lipinski definition) is 3. The molecule has 0 N–H and O–H groups in total. The quantitative estimate of drug-likeness (QED) is 0.747. The highest BCUT2D eigenvalue weighted by Crippen LogP contribution is 2.38. The maximum absolute atomic E-state index is 12.6. The van der Waals surface area contributed by atoms with Gasteiger partial charge >= 0.3 is 0 Å². The molecule has 0 bridgehead atoms. The van der Waals surface area contributed by atoms with Gasteiger partial charge in [-0.1, -0.05) is 60.1 Å². The predicted molar refractivity (Wildman–Crippen MR) is 107 cm³/mol. The Morgan fingerprint density at radius 2 is 1.76 bits per heavy atom. The predicted octanol–water partition coefficient (Wildman–Crippen LogP) is 4.82. The van der Waals surface area contributed by atoms with Crippen molar-refractivity contribution in [3.05, 3.63) is 76.2 Å². The van der Waals surface area contributed by atoms with E-state index < -0.39 is 10.0 Å². The maximum atomic E-state index is 12.6. The van der Waals surface area contributed by atoms with Crippen molar-refractivity contribution in [2.75, 3.05) is 18.8 Å². The fraction of sp³-hybridized carbons (Fsp3) is 0.263. The first-order valence-electron chi connectivity index (χ1n) is 8.15. The smallest absolute Gasteiger partial charge is 0.208 e. The van der Waals surface area contributed by atoms with Gasteiger partial charge in [0.15, 0.2) is 0 Å². The van der Waals surface area contributed by atoms with Gasteiger partial charge in [-0.05, 0) is 29.7 Å². The van der Waals surface area contributed by atoms with E-state index in [1.807, 2.05) is 54.6 Å². The number of hydrogen-bond donors (Lipinski definition) is 0. The van der Waals surface area contributed by atoms with E-state index in [0.29, 0.717) is 13.1 Å². The Morgan fingerprint density at radius 1 is 1.04 bits per heavy atom. The van der Waals surface area contributed by atoms with Gasteiger partial charge in [-0.3, -0.25) is 0 Å². The van der Waals surface area contributed by atoms with Crippen LogP contribution in [0, 0.1) is 0 Å². The number of benzene rings is 2. The molecule has 0 radical (unpaired) electrons. The summed E-state index contributed by atoms with van der Waals surface area (Å²) in [5, 5.41) is 2.29. The van der Waals surface area contributed by atoms with Crippen LogP contribution in [0.5, 0.6) is 0 Å². The van der Waals surface area contributed by atoms with Crippen molar-refractivity contribution in [1.29, 1.82) is 0 Å². The molecule has 1 atom stereocenters. The zero-order valence-electron chi connectivity index (χ0n) is 13.7. The van der Waals surface area contributed by atoms with E-state index in [1.165, 1.54) is 5.41 Å². The lowest BCUT2D eigenvalue weighted by molar-refractivity contribution is 0.435. The topological polar surface area (TPSA) is 37.4 Å². The second-order valence-electron chi connectivity index (χ2n) is 5.83. The molecule has 0 saturated carbocycles.